The van der Waals surface area contributed by atoms with E-state index in [1.54, 1.807) is 24.3 Å². The molecule has 0 saturated carbocycles. The minimum Gasteiger partial charge on any atom is -0.478 e. The number of rotatable bonds is 6. The third-order valence-corrected chi connectivity index (χ3v) is 4.73. The number of nitriles is 1. The topological polar surface area (TPSA) is 122 Å². The van der Waals surface area contributed by atoms with Crippen LogP contribution in [0.25, 0.3) is 6.08 Å². The van der Waals surface area contributed by atoms with Crippen LogP contribution in [0.5, 0.6) is 5.75 Å². The fraction of sp³-hybridized carbons (Fsp3) is 0.158. The number of amides is 3. The van der Waals surface area contributed by atoms with Crippen molar-refractivity contribution in [2.45, 2.75) is 6.54 Å². The van der Waals surface area contributed by atoms with Crippen LogP contribution in [0.1, 0.15) is 21.9 Å². The van der Waals surface area contributed by atoms with E-state index in [4.69, 9.17) is 14.4 Å². The van der Waals surface area contributed by atoms with Crippen molar-refractivity contribution in [3.05, 3.63) is 56.7 Å². The fourth-order valence-electron chi connectivity index (χ4n) is 2.54. The van der Waals surface area contributed by atoms with Crippen molar-refractivity contribution < 1.29 is 28.3 Å². The summed E-state index contributed by atoms with van der Waals surface area (Å²) in [5, 5.41) is 11.1. The first kappa shape index (κ1) is 20.4. The van der Waals surface area contributed by atoms with Crippen LogP contribution in [0.15, 0.2) is 40.4 Å². The van der Waals surface area contributed by atoms with Crippen molar-refractivity contribution in [3.8, 4) is 11.8 Å². The normalized spacial score (nSPS) is 14.7. The second-order valence-electron chi connectivity index (χ2n) is 5.77. The molecule has 0 unspecified atom stereocenters. The smallest absolute Gasteiger partial charge is 0.373 e. The number of carbonyl (C=O) groups excluding carboxylic acids is 3. The molecule has 3 rings (SSSR count). The van der Waals surface area contributed by atoms with Gasteiger partial charge in [-0.15, -0.1) is 0 Å². The predicted molar refractivity (Wildman–Crippen MR) is 107 cm³/mol. The molecular weight excluding hydrogens is 493 g/mol. The van der Waals surface area contributed by atoms with Crippen molar-refractivity contribution in [2.75, 3.05) is 13.7 Å². The molecular formula is C19H14IN3O6. The number of hydrogen-bond donors (Lipinski definition) is 1. The molecule has 148 valence electrons. The highest BCUT2D eigenvalue weighted by Crippen LogP contribution is 2.24. The van der Waals surface area contributed by atoms with E-state index in [1.807, 2.05) is 6.07 Å². The summed E-state index contributed by atoms with van der Waals surface area (Å²) in [7, 11) is 1.22. The third kappa shape index (κ3) is 4.57. The molecule has 2 aromatic rings. The Bertz CT molecular complexity index is 1050. The highest BCUT2D eigenvalue weighted by Gasteiger charge is 2.34. The van der Waals surface area contributed by atoms with Gasteiger partial charge in [0.25, 0.3) is 5.91 Å². The van der Waals surface area contributed by atoms with Crippen LogP contribution in [-0.2, 0) is 16.1 Å². The first-order valence-electron chi connectivity index (χ1n) is 8.23. The van der Waals surface area contributed by atoms with Crippen LogP contribution in [0, 0.1) is 14.9 Å². The summed E-state index contributed by atoms with van der Waals surface area (Å²) in [6.45, 7) is -0.193. The lowest BCUT2D eigenvalue weighted by Gasteiger charge is -2.09. The predicted octanol–water partition coefficient (Wildman–Crippen LogP) is 2.67. The maximum Gasteiger partial charge on any atom is 0.373 e. The molecule has 1 saturated heterocycles. The minimum absolute atomic E-state index is 0.0152. The van der Waals surface area contributed by atoms with Crippen molar-refractivity contribution in [1.29, 1.82) is 5.26 Å². The highest BCUT2D eigenvalue weighted by molar-refractivity contribution is 14.1. The number of esters is 1. The Morgan fingerprint density at radius 2 is 2.14 bits per heavy atom. The zero-order valence-electron chi connectivity index (χ0n) is 15.1. The average molecular weight is 507 g/mol. The van der Waals surface area contributed by atoms with E-state index in [0.29, 0.717) is 11.3 Å². The summed E-state index contributed by atoms with van der Waals surface area (Å²) in [6, 6.07) is 9.36. The van der Waals surface area contributed by atoms with Crippen LogP contribution < -0.4 is 10.1 Å². The lowest BCUT2D eigenvalue weighted by Crippen LogP contribution is -2.30. The molecule has 3 amide bonds. The summed E-state index contributed by atoms with van der Waals surface area (Å²) < 4.78 is 15.9. The SMILES string of the molecule is COC(=O)c1ccc(CN2C(=O)N/C(=C\c3ccc(OCC#N)c(I)c3)C2=O)o1. The average Bonchev–Trinajstić information content (AvgIpc) is 3.27. The number of halogens is 1. The number of nitrogens with zero attached hydrogens (tertiary/aromatic N) is 2. The molecule has 0 aliphatic carbocycles. The van der Waals surface area contributed by atoms with Crippen LogP contribution in [0.3, 0.4) is 0 Å². The van der Waals surface area contributed by atoms with E-state index in [0.717, 1.165) is 8.47 Å². The van der Waals surface area contributed by atoms with Gasteiger partial charge in [0.1, 0.15) is 23.3 Å². The van der Waals surface area contributed by atoms with Gasteiger partial charge in [-0.05, 0) is 58.5 Å². The molecule has 1 aliphatic rings. The van der Waals surface area contributed by atoms with Crippen LogP contribution >= 0.6 is 22.6 Å². The lowest BCUT2D eigenvalue weighted by atomic mass is 10.2. The van der Waals surface area contributed by atoms with Gasteiger partial charge in [-0.2, -0.15) is 5.26 Å². The van der Waals surface area contributed by atoms with Gasteiger partial charge in [0.15, 0.2) is 6.61 Å². The number of nitrogens with one attached hydrogen (secondary N) is 1. The number of ether oxygens (including phenoxy) is 2. The first-order chi connectivity index (χ1) is 13.9. The second-order valence-corrected chi connectivity index (χ2v) is 6.94. The molecule has 0 atom stereocenters. The number of carbonyl (C=O) groups is 3. The Balaban J connectivity index is 1.74. The van der Waals surface area contributed by atoms with Crippen LogP contribution in [-0.4, -0.2) is 36.5 Å². The lowest BCUT2D eigenvalue weighted by molar-refractivity contribution is -0.123. The Labute approximate surface area is 179 Å². The molecule has 1 N–H and O–H groups in total. The zero-order chi connectivity index (χ0) is 21.0. The summed E-state index contributed by atoms with van der Waals surface area (Å²) in [4.78, 5) is 37.2. The molecule has 0 bridgehead atoms. The first-order valence-corrected chi connectivity index (χ1v) is 9.31. The van der Waals surface area contributed by atoms with E-state index in [-0.39, 0.29) is 30.4 Å². The largest absolute Gasteiger partial charge is 0.478 e. The van der Waals surface area contributed by atoms with Crippen molar-refractivity contribution in [2.24, 2.45) is 0 Å². The number of furan rings is 1. The van der Waals surface area contributed by atoms with Gasteiger partial charge in [-0.1, -0.05) is 6.07 Å². The van der Waals surface area contributed by atoms with Gasteiger partial charge in [-0.25, -0.2) is 9.59 Å². The highest BCUT2D eigenvalue weighted by atomic mass is 127. The maximum atomic E-state index is 12.6. The Hall–Kier alpha value is -3.33. The number of hydrogen-bond acceptors (Lipinski definition) is 7. The molecule has 0 radical (unpaired) electrons. The minimum atomic E-state index is -0.647. The number of methoxy groups -OCH3 is 1. The fourth-order valence-corrected chi connectivity index (χ4v) is 3.24. The summed E-state index contributed by atoms with van der Waals surface area (Å²) in [6.07, 6.45) is 1.54. The van der Waals surface area contributed by atoms with Gasteiger partial charge in [0.05, 0.1) is 17.2 Å². The molecule has 10 heteroatoms. The molecule has 2 heterocycles. The Morgan fingerprint density at radius 1 is 1.34 bits per heavy atom. The van der Waals surface area contributed by atoms with E-state index in [2.05, 4.69) is 32.6 Å². The van der Waals surface area contributed by atoms with E-state index < -0.39 is 17.9 Å². The summed E-state index contributed by atoms with van der Waals surface area (Å²) in [5.41, 5.74) is 0.784. The van der Waals surface area contributed by atoms with E-state index in [1.165, 1.54) is 19.2 Å². The Kier molecular flexibility index (Phi) is 6.18. The van der Waals surface area contributed by atoms with Gasteiger partial charge in [-0.3, -0.25) is 9.69 Å². The van der Waals surface area contributed by atoms with Crippen molar-refractivity contribution in [3.63, 3.8) is 0 Å². The standard InChI is InChI=1S/C19H14IN3O6/c1-27-18(25)16-5-3-12(29-16)10-23-17(24)14(22-19(23)26)9-11-2-4-15(13(20)8-11)28-7-6-21/h2-5,8-9H,7,10H2,1H3,(H,22,26)/b14-9-. The molecule has 1 aromatic heterocycles. The van der Waals surface area contributed by atoms with Gasteiger partial charge >= 0.3 is 12.0 Å². The molecule has 1 aromatic carbocycles. The third-order valence-electron chi connectivity index (χ3n) is 3.88. The number of urea groups is 1. The van der Waals surface area contributed by atoms with Gasteiger partial charge < -0.3 is 19.2 Å². The van der Waals surface area contributed by atoms with Gasteiger partial charge in [0, 0.05) is 0 Å². The van der Waals surface area contributed by atoms with E-state index in [9.17, 15) is 14.4 Å². The molecule has 1 fully saturated rings. The number of benzene rings is 1. The number of imide groups is 1. The maximum absolute atomic E-state index is 12.6. The molecule has 1 aliphatic heterocycles. The Morgan fingerprint density at radius 3 is 2.83 bits per heavy atom. The second kappa shape index (κ2) is 8.78. The quantitative estimate of drug-likeness (QED) is 0.276. The molecule has 0 spiro atoms. The summed E-state index contributed by atoms with van der Waals surface area (Å²) >= 11 is 2.05. The van der Waals surface area contributed by atoms with Crippen LogP contribution in [0.4, 0.5) is 4.79 Å². The van der Waals surface area contributed by atoms with Crippen molar-refractivity contribution in [1.82, 2.24) is 10.2 Å². The van der Waals surface area contributed by atoms with E-state index >= 15 is 0 Å². The summed E-state index contributed by atoms with van der Waals surface area (Å²) in [5.74, 6) is -0.365. The zero-order valence-corrected chi connectivity index (χ0v) is 17.3. The molecule has 9 nitrogen and oxygen atoms in total. The van der Waals surface area contributed by atoms with Crippen molar-refractivity contribution >= 4 is 46.6 Å². The van der Waals surface area contributed by atoms with Crippen LogP contribution in [0.2, 0.25) is 0 Å². The molecule has 29 heavy (non-hydrogen) atoms. The monoisotopic (exact) mass is 507 g/mol. The van der Waals surface area contributed by atoms with Gasteiger partial charge in [0.2, 0.25) is 5.76 Å².